The van der Waals surface area contributed by atoms with Gasteiger partial charge in [-0.25, -0.2) is 0 Å². The van der Waals surface area contributed by atoms with Crippen molar-refractivity contribution in [1.82, 2.24) is 10.6 Å². The van der Waals surface area contributed by atoms with Gasteiger partial charge in [0.15, 0.2) is 0 Å². The molecule has 3 aromatic rings. The van der Waals surface area contributed by atoms with Crippen LogP contribution in [0.3, 0.4) is 0 Å². The fourth-order valence-corrected chi connectivity index (χ4v) is 2.48. The molecule has 0 fully saturated rings. The lowest BCUT2D eigenvalue weighted by Crippen LogP contribution is -2.34. The van der Waals surface area contributed by atoms with E-state index in [0.717, 1.165) is 10.8 Å². The van der Waals surface area contributed by atoms with Gasteiger partial charge in [0, 0.05) is 24.2 Å². The molecular weight excluding hydrogens is 300 g/mol. The minimum Gasteiger partial charge on any atom is -0.350 e. The van der Waals surface area contributed by atoms with Gasteiger partial charge in [-0.2, -0.15) is 0 Å². The summed E-state index contributed by atoms with van der Waals surface area (Å²) in [5.41, 5.74) is 1.22. The van der Waals surface area contributed by atoms with Crippen LogP contribution in [0, 0.1) is 0 Å². The van der Waals surface area contributed by atoms with Gasteiger partial charge in [-0.3, -0.25) is 9.59 Å². The summed E-state index contributed by atoms with van der Waals surface area (Å²) in [6.45, 7) is 0.761. The molecular formula is C20H18N2O2. The normalized spacial score (nSPS) is 10.3. The Morgan fingerprint density at radius 2 is 1.21 bits per heavy atom. The van der Waals surface area contributed by atoms with E-state index in [1.54, 1.807) is 18.2 Å². The third-order valence-electron chi connectivity index (χ3n) is 3.74. The van der Waals surface area contributed by atoms with E-state index in [4.69, 9.17) is 0 Å². The summed E-state index contributed by atoms with van der Waals surface area (Å²) in [5, 5.41) is 7.73. The molecule has 3 aromatic carbocycles. The minimum absolute atomic E-state index is 0.143. The number of carbonyl (C=O) groups excluding carboxylic acids is 2. The summed E-state index contributed by atoms with van der Waals surface area (Å²) in [5.74, 6) is -0.287. The monoisotopic (exact) mass is 318 g/mol. The first-order valence-electron chi connectivity index (χ1n) is 7.84. The average Bonchev–Trinajstić information content (AvgIpc) is 2.65. The van der Waals surface area contributed by atoms with Crippen LogP contribution in [0.1, 0.15) is 20.7 Å². The van der Waals surface area contributed by atoms with E-state index >= 15 is 0 Å². The Bertz CT molecular complexity index is 860. The lowest BCUT2D eigenvalue weighted by atomic mass is 10.1. The Kier molecular flexibility index (Phi) is 4.87. The predicted octanol–water partition coefficient (Wildman–Crippen LogP) is 3.00. The third kappa shape index (κ3) is 3.79. The van der Waals surface area contributed by atoms with Crippen molar-refractivity contribution in [3.8, 4) is 0 Å². The van der Waals surface area contributed by atoms with Crippen molar-refractivity contribution in [2.24, 2.45) is 0 Å². The quantitative estimate of drug-likeness (QED) is 0.711. The smallest absolute Gasteiger partial charge is 0.251 e. The Morgan fingerprint density at radius 3 is 1.92 bits per heavy atom. The fraction of sp³-hybridized carbons (Fsp3) is 0.100. The predicted molar refractivity (Wildman–Crippen MR) is 95.1 cm³/mol. The van der Waals surface area contributed by atoms with Crippen LogP contribution in [0.15, 0.2) is 72.8 Å². The van der Waals surface area contributed by atoms with E-state index in [1.807, 2.05) is 54.6 Å². The first kappa shape index (κ1) is 15.7. The largest absolute Gasteiger partial charge is 0.350 e. The summed E-state index contributed by atoms with van der Waals surface area (Å²) in [6.07, 6.45) is 0. The first-order chi connectivity index (χ1) is 11.7. The topological polar surface area (TPSA) is 58.2 Å². The van der Waals surface area contributed by atoms with Crippen molar-refractivity contribution < 1.29 is 9.59 Å². The van der Waals surface area contributed by atoms with Gasteiger partial charge in [-0.1, -0.05) is 48.5 Å². The molecule has 2 N–H and O–H groups in total. The summed E-state index contributed by atoms with van der Waals surface area (Å²) < 4.78 is 0. The molecule has 3 rings (SSSR count). The minimum atomic E-state index is -0.144. The molecule has 24 heavy (non-hydrogen) atoms. The highest BCUT2D eigenvalue weighted by Gasteiger charge is 2.07. The van der Waals surface area contributed by atoms with Gasteiger partial charge in [0.2, 0.25) is 0 Å². The van der Waals surface area contributed by atoms with Crippen molar-refractivity contribution in [2.75, 3.05) is 13.1 Å². The van der Waals surface area contributed by atoms with Crippen LogP contribution in [-0.2, 0) is 0 Å². The molecule has 0 radical (unpaired) electrons. The average molecular weight is 318 g/mol. The van der Waals surface area contributed by atoms with Gasteiger partial charge >= 0.3 is 0 Å². The van der Waals surface area contributed by atoms with Crippen LogP contribution in [0.4, 0.5) is 0 Å². The van der Waals surface area contributed by atoms with E-state index in [-0.39, 0.29) is 11.8 Å². The van der Waals surface area contributed by atoms with Gasteiger partial charge in [-0.05, 0) is 35.0 Å². The highest BCUT2D eigenvalue weighted by Crippen LogP contribution is 2.15. The zero-order valence-electron chi connectivity index (χ0n) is 13.2. The molecule has 0 aromatic heterocycles. The zero-order valence-corrected chi connectivity index (χ0v) is 13.2. The lowest BCUT2D eigenvalue weighted by Gasteiger charge is -2.08. The molecule has 0 spiro atoms. The molecule has 0 heterocycles. The standard InChI is InChI=1S/C20H18N2O2/c23-19(16-7-2-1-3-8-16)21-12-13-22-20(24)18-11-10-15-6-4-5-9-17(15)14-18/h1-11,14H,12-13H2,(H,21,23)(H,22,24). The van der Waals surface area contributed by atoms with Gasteiger partial charge in [-0.15, -0.1) is 0 Å². The number of carbonyl (C=O) groups is 2. The Morgan fingerprint density at radius 1 is 0.625 bits per heavy atom. The number of nitrogens with one attached hydrogen (secondary N) is 2. The van der Waals surface area contributed by atoms with Crippen molar-refractivity contribution in [3.63, 3.8) is 0 Å². The number of hydrogen-bond acceptors (Lipinski definition) is 2. The van der Waals surface area contributed by atoms with E-state index in [2.05, 4.69) is 10.6 Å². The molecule has 0 aliphatic heterocycles. The molecule has 120 valence electrons. The molecule has 0 saturated heterocycles. The van der Waals surface area contributed by atoms with E-state index in [9.17, 15) is 9.59 Å². The van der Waals surface area contributed by atoms with E-state index in [0.29, 0.717) is 24.2 Å². The summed E-state index contributed by atoms with van der Waals surface area (Å²) >= 11 is 0. The SMILES string of the molecule is O=C(NCCNC(=O)c1ccc2ccccc2c1)c1ccccc1. The van der Waals surface area contributed by atoms with Crippen LogP contribution in [0.25, 0.3) is 10.8 Å². The van der Waals surface area contributed by atoms with Crippen molar-refractivity contribution in [1.29, 1.82) is 0 Å². The maximum Gasteiger partial charge on any atom is 0.251 e. The Hall–Kier alpha value is -3.14. The second-order valence-corrected chi connectivity index (χ2v) is 5.44. The molecule has 4 nitrogen and oxygen atoms in total. The molecule has 0 aliphatic rings. The molecule has 0 unspecified atom stereocenters. The zero-order chi connectivity index (χ0) is 16.8. The molecule has 0 atom stereocenters. The number of rotatable bonds is 5. The van der Waals surface area contributed by atoms with Crippen molar-refractivity contribution >= 4 is 22.6 Å². The highest BCUT2D eigenvalue weighted by atomic mass is 16.2. The van der Waals surface area contributed by atoms with Crippen molar-refractivity contribution in [3.05, 3.63) is 83.9 Å². The fourth-order valence-electron chi connectivity index (χ4n) is 2.48. The maximum atomic E-state index is 12.2. The third-order valence-corrected chi connectivity index (χ3v) is 3.74. The summed E-state index contributed by atoms with van der Waals surface area (Å²) in [6, 6.07) is 22.5. The van der Waals surface area contributed by atoms with Crippen LogP contribution >= 0.6 is 0 Å². The molecule has 0 aliphatic carbocycles. The number of fused-ring (bicyclic) bond motifs is 1. The lowest BCUT2D eigenvalue weighted by molar-refractivity contribution is 0.0928. The Labute approximate surface area is 140 Å². The van der Waals surface area contributed by atoms with Crippen LogP contribution in [-0.4, -0.2) is 24.9 Å². The second kappa shape index (κ2) is 7.42. The van der Waals surface area contributed by atoms with Crippen LogP contribution < -0.4 is 10.6 Å². The Balaban J connectivity index is 1.51. The molecule has 4 heteroatoms. The number of hydrogen-bond donors (Lipinski definition) is 2. The first-order valence-corrected chi connectivity index (χ1v) is 7.84. The maximum absolute atomic E-state index is 12.2. The summed E-state index contributed by atoms with van der Waals surface area (Å²) in [4.78, 5) is 24.1. The molecule has 0 saturated carbocycles. The number of amides is 2. The second-order valence-electron chi connectivity index (χ2n) is 5.44. The van der Waals surface area contributed by atoms with Crippen LogP contribution in [0.5, 0.6) is 0 Å². The van der Waals surface area contributed by atoms with Crippen LogP contribution in [0.2, 0.25) is 0 Å². The molecule has 2 amide bonds. The van der Waals surface area contributed by atoms with E-state index in [1.165, 1.54) is 0 Å². The van der Waals surface area contributed by atoms with Gasteiger partial charge in [0.25, 0.3) is 11.8 Å². The molecule has 0 bridgehead atoms. The van der Waals surface area contributed by atoms with Crippen molar-refractivity contribution in [2.45, 2.75) is 0 Å². The van der Waals surface area contributed by atoms with E-state index < -0.39 is 0 Å². The number of benzene rings is 3. The van der Waals surface area contributed by atoms with Gasteiger partial charge < -0.3 is 10.6 Å². The van der Waals surface area contributed by atoms with Gasteiger partial charge in [0.05, 0.1) is 0 Å². The summed E-state index contributed by atoms with van der Waals surface area (Å²) in [7, 11) is 0. The highest BCUT2D eigenvalue weighted by molar-refractivity contribution is 5.98. The van der Waals surface area contributed by atoms with Gasteiger partial charge in [0.1, 0.15) is 0 Å².